The van der Waals surface area contributed by atoms with E-state index >= 15 is 0 Å². The van der Waals surface area contributed by atoms with E-state index < -0.39 is 0 Å². The van der Waals surface area contributed by atoms with Crippen LogP contribution in [-0.4, -0.2) is 55.0 Å². The Hall–Kier alpha value is -0.870. The molecule has 0 radical (unpaired) electrons. The Morgan fingerprint density at radius 2 is 2.10 bits per heavy atom. The maximum atomic E-state index is 12.6. The molecule has 1 amide bonds. The van der Waals surface area contributed by atoms with Crippen molar-refractivity contribution in [3.8, 4) is 0 Å². The van der Waals surface area contributed by atoms with Crippen molar-refractivity contribution < 1.29 is 4.79 Å². The smallest absolute Gasteiger partial charge is 0.240 e. The van der Waals surface area contributed by atoms with Crippen LogP contribution in [0.2, 0.25) is 0 Å². The van der Waals surface area contributed by atoms with Gasteiger partial charge in [-0.25, -0.2) is 0 Å². The van der Waals surface area contributed by atoms with Gasteiger partial charge in [-0.05, 0) is 57.5 Å². The van der Waals surface area contributed by atoms with Crippen LogP contribution >= 0.6 is 0 Å². The van der Waals surface area contributed by atoms with E-state index in [4.69, 9.17) is 0 Å². The van der Waals surface area contributed by atoms with Gasteiger partial charge in [0.1, 0.15) is 0 Å². The van der Waals surface area contributed by atoms with Crippen molar-refractivity contribution >= 4 is 5.91 Å². The summed E-state index contributed by atoms with van der Waals surface area (Å²) >= 11 is 0. The van der Waals surface area contributed by atoms with Crippen molar-refractivity contribution in [3.63, 3.8) is 0 Å². The predicted octanol–water partition coefficient (Wildman–Crippen LogP) is 1.44. The highest BCUT2D eigenvalue weighted by atomic mass is 16.2. The van der Waals surface area contributed by atoms with E-state index in [0.29, 0.717) is 12.5 Å². The van der Waals surface area contributed by atoms with E-state index in [9.17, 15) is 4.79 Å². The molecule has 0 spiro atoms. The first kappa shape index (κ1) is 14.1. The van der Waals surface area contributed by atoms with Gasteiger partial charge in [0.2, 0.25) is 5.91 Å². The van der Waals surface area contributed by atoms with E-state index in [-0.39, 0.29) is 0 Å². The van der Waals surface area contributed by atoms with Crippen molar-refractivity contribution in [1.29, 1.82) is 0 Å². The molecule has 2 saturated heterocycles. The first-order valence-electron chi connectivity index (χ1n) is 8.20. The molecule has 2 heterocycles. The average molecular weight is 277 g/mol. The molecule has 0 saturated carbocycles. The topological polar surface area (TPSA) is 35.6 Å². The number of fused-ring (bicyclic) bond motifs is 1. The molecular formula is C16H27N3O. The van der Waals surface area contributed by atoms with E-state index in [1.807, 2.05) is 4.90 Å². The van der Waals surface area contributed by atoms with Gasteiger partial charge in [0.05, 0.1) is 6.54 Å². The summed E-state index contributed by atoms with van der Waals surface area (Å²) in [5.74, 6) is 1.84. The quantitative estimate of drug-likeness (QED) is 0.845. The monoisotopic (exact) mass is 277 g/mol. The largest absolute Gasteiger partial charge is 0.316 e. The number of rotatable bonds is 4. The van der Waals surface area contributed by atoms with Crippen molar-refractivity contribution in [2.45, 2.75) is 32.6 Å². The van der Waals surface area contributed by atoms with Crippen LogP contribution in [-0.2, 0) is 4.79 Å². The minimum atomic E-state index is 0.300. The summed E-state index contributed by atoms with van der Waals surface area (Å²) in [7, 11) is 0. The number of hydrogen-bond acceptors (Lipinski definition) is 3. The molecule has 20 heavy (non-hydrogen) atoms. The van der Waals surface area contributed by atoms with Crippen LogP contribution in [0.3, 0.4) is 0 Å². The lowest BCUT2D eigenvalue weighted by Gasteiger charge is -2.28. The van der Waals surface area contributed by atoms with Crippen LogP contribution in [0.15, 0.2) is 11.8 Å². The van der Waals surface area contributed by atoms with Crippen molar-refractivity contribution in [1.82, 2.24) is 15.1 Å². The number of likely N-dealkylation sites (N-methyl/N-ethyl adjacent to an activating group) is 1. The molecule has 2 fully saturated rings. The number of nitrogens with zero attached hydrogens (tertiary/aromatic N) is 2. The zero-order valence-corrected chi connectivity index (χ0v) is 12.6. The number of allylic oxidation sites excluding steroid dienone is 2. The molecule has 0 bridgehead atoms. The minimum absolute atomic E-state index is 0.300. The first-order chi connectivity index (χ1) is 9.78. The Morgan fingerprint density at radius 1 is 1.35 bits per heavy atom. The average Bonchev–Trinajstić information content (AvgIpc) is 3.01. The van der Waals surface area contributed by atoms with Crippen LogP contribution < -0.4 is 5.32 Å². The molecule has 0 aromatic rings. The zero-order chi connectivity index (χ0) is 13.9. The lowest BCUT2D eigenvalue weighted by atomic mass is 10.0. The van der Waals surface area contributed by atoms with Gasteiger partial charge < -0.3 is 10.2 Å². The number of carbonyl (C=O) groups is 1. The highest BCUT2D eigenvalue weighted by molar-refractivity contribution is 5.80. The van der Waals surface area contributed by atoms with Crippen LogP contribution in [0.5, 0.6) is 0 Å². The summed E-state index contributed by atoms with van der Waals surface area (Å²) in [5, 5.41) is 3.45. The van der Waals surface area contributed by atoms with Crippen molar-refractivity contribution in [3.05, 3.63) is 11.8 Å². The second kappa shape index (κ2) is 6.27. The molecule has 4 heteroatoms. The van der Waals surface area contributed by atoms with Crippen LogP contribution in [0, 0.1) is 11.8 Å². The number of hydrogen-bond donors (Lipinski definition) is 1. The Labute approximate surface area is 122 Å². The Morgan fingerprint density at radius 3 is 2.70 bits per heavy atom. The van der Waals surface area contributed by atoms with Gasteiger partial charge in [0.15, 0.2) is 0 Å². The number of likely N-dealkylation sites (tertiary alicyclic amines) is 1. The van der Waals surface area contributed by atoms with Gasteiger partial charge in [-0.15, -0.1) is 0 Å². The van der Waals surface area contributed by atoms with E-state index in [1.165, 1.54) is 18.5 Å². The van der Waals surface area contributed by atoms with E-state index in [1.54, 1.807) is 0 Å². The maximum absolute atomic E-state index is 12.6. The molecule has 0 unspecified atom stereocenters. The highest BCUT2D eigenvalue weighted by Crippen LogP contribution is 2.27. The molecule has 3 aliphatic rings. The molecule has 3 rings (SSSR count). The van der Waals surface area contributed by atoms with Gasteiger partial charge in [-0.2, -0.15) is 0 Å². The minimum Gasteiger partial charge on any atom is -0.316 e. The summed E-state index contributed by atoms with van der Waals surface area (Å²) in [6, 6.07) is 0. The lowest BCUT2D eigenvalue weighted by Crippen LogP contribution is -2.40. The van der Waals surface area contributed by atoms with Crippen LogP contribution in [0.25, 0.3) is 0 Å². The second-order valence-corrected chi connectivity index (χ2v) is 6.45. The zero-order valence-electron chi connectivity index (χ0n) is 12.6. The van der Waals surface area contributed by atoms with Gasteiger partial charge in [-0.3, -0.25) is 9.69 Å². The summed E-state index contributed by atoms with van der Waals surface area (Å²) < 4.78 is 0. The number of nitrogens with one attached hydrogen (secondary N) is 1. The summed E-state index contributed by atoms with van der Waals surface area (Å²) in [4.78, 5) is 17.0. The Balaban J connectivity index is 1.56. The fourth-order valence-corrected chi connectivity index (χ4v) is 3.96. The molecule has 4 nitrogen and oxygen atoms in total. The lowest BCUT2D eigenvalue weighted by molar-refractivity contribution is -0.130. The summed E-state index contributed by atoms with van der Waals surface area (Å²) in [6.07, 6.45) is 6.99. The third kappa shape index (κ3) is 2.91. The molecule has 112 valence electrons. The fraction of sp³-hybridized carbons (Fsp3) is 0.812. The molecular weight excluding hydrogens is 250 g/mol. The third-order valence-electron chi connectivity index (χ3n) is 5.05. The van der Waals surface area contributed by atoms with Gasteiger partial charge >= 0.3 is 0 Å². The van der Waals surface area contributed by atoms with Crippen molar-refractivity contribution in [2.24, 2.45) is 11.8 Å². The number of amides is 1. The summed E-state index contributed by atoms with van der Waals surface area (Å²) in [5.41, 5.74) is 1.27. The second-order valence-electron chi connectivity index (χ2n) is 6.45. The third-order valence-corrected chi connectivity index (χ3v) is 5.05. The van der Waals surface area contributed by atoms with Gasteiger partial charge in [0.25, 0.3) is 0 Å². The normalized spacial score (nSPS) is 30.1. The molecule has 2 atom stereocenters. The standard InChI is InChI=1S/C16H27N3O/c1-2-19(15-6-4-3-5-7-15)16(20)12-18-10-13-8-17-9-14(13)11-18/h6,13-14,17H,2-5,7-12H2,1H3/t13-,14+. The molecule has 0 aromatic heterocycles. The van der Waals surface area contributed by atoms with Crippen molar-refractivity contribution in [2.75, 3.05) is 39.3 Å². The Bertz CT molecular complexity index is 381. The molecule has 2 aliphatic heterocycles. The molecule has 1 N–H and O–H groups in total. The maximum Gasteiger partial charge on any atom is 0.240 e. The summed E-state index contributed by atoms with van der Waals surface area (Å²) in [6.45, 7) is 7.98. The van der Waals surface area contributed by atoms with Gasteiger partial charge in [0, 0.05) is 25.3 Å². The van der Waals surface area contributed by atoms with Gasteiger partial charge in [-0.1, -0.05) is 6.08 Å². The first-order valence-corrected chi connectivity index (χ1v) is 8.20. The predicted molar refractivity (Wildman–Crippen MR) is 80.2 cm³/mol. The molecule has 1 aliphatic carbocycles. The molecule has 0 aromatic carbocycles. The fourth-order valence-electron chi connectivity index (χ4n) is 3.96. The number of carbonyl (C=O) groups excluding carboxylic acids is 1. The SMILES string of the molecule is CCN(C(=O)CN1C[C@H]2CNC[C@H]2C1)C1=CCCCC1. The highest BCUT2D eigenvalue weighted by Gasteiger charge is 2.37. The van der Waals surface area contributed by atoms with E-state index in [0.717, 1.165) is 57.4 Å². The van der Waals surface area contributed by atoms with Crippen LogP contribution in [0.4, 0.5) is 0 Å². The van der Waals surface area contributed by atoms with Crippen LogP contribution in [0.1, 0.15) is 32.6 Å². The Kier molecular flexibility index (Phi) is 4.41. The van der Waals surface area contributed by atoms with E-state index in [2.05, 4.69) is 23.2 Å².